The molecule has 0 radical (unpaired) electrons. The second-order valence-corrected chi connectivity index (χ2v) is 5.58. The Morgan fingerprint density at radius 3 is 2.94 bits per heavy atom. The summed E-state index contributed by atoms with van der Waals surface area (Å²) in [6, 6.07) is 5.10. The lowest BCUT2D eigenvalue weighted by molar-refractivity contribution is 0.228. The summed E-state index contributed by atoms with van der Waals surface area (Å²) >= 11 is 3.20. The van der Waals surface area contributed by atoms with Crippen LogP contribution in [-0.2, 0) is 6.54 Å². The van der Waals surface area contributed by atoms with E-state index in [-0.39, 0.29) is 11.7 Å². The van der Waals surface area contributed by atoms with E-state index >= 15 is 0 Å². The van der Waals surface area contributed by atoms with Gasteiger partial charge in [-0.2, -0.15) is 0 Å². The minimum Gasteiger partial charge on any atom is -0.411 e. The zero-order valence-electron chi connectivity index (χ0n) is 10.2. The highest BCUT2D eigenvalue weighted by Gasteiger charge is 2.22. The number of benzene rings is 1. The van der Waals surface area contributed by atoms with Gasteiger partial charge < -0.3 is 5.21 Å². The average molecular weight is 315 g/mol. The van der Waals surface area contributed by atoms with E-state index in [0.29, 0.717) is 4.47 Å². The molecule has 98 valence electrons. The summed E-state index contributed by atoms with van der Waals surface area (Å²) in [5.74, 6) is 0.0353. The van der Waals surface area contributed by atoms with Crippen LogP contribution in [0.25, 0.3) is 0 Å². The van der Waals surface area contributed by atoms with E-state index in [1.807, 2.05) is 6.07 Å². The van der Waals surface area contributed by atoms with E-state index in [1.54, 1.807) is 6.07 Å². The van der Waals surface area contributed by atoms with Crippen LogP contribution in [0.15, 0.2) is 27.8 Å². The van der Waals surface area contributed by atoms with E-state index in [1.165, 1.54) is 6.07 Å². The summed E-state index contributed by atoms with van der Waals surface area (Å²) < 4.78 is 13.6. The molecule has 1 N–H and O–H groups in total. The lowest BCUT2D eigenvalue weighted by atomic mass is 9.97. The van der Waals surface area contributed by atoms with Crippen LogP contribution in [0.3, 0.4) is 0 Å². The van der Waals surface area contributed by atoms with Gasteiger partial charge in [0.2, 0.25) is 0 Å². The van der Waals surface area contributed by atoms with Crippen molar-refractivity contribution in [3.63, 3.8) is 0 Å². The van der Waals surface area contributed by atoms with Gasteiger partial charge in [0.25, 0.3) is 0 Å². The summed E-state index contributed by atoms with van der Waals surface area (Å²) in [4.78, 5) is 2.29. The normalized spacial score (nSPS) is 23.5. The molecule has 1 aromatic carbocycles. The quantitative estimate of drug-likeness (QED) is 0.672. The lowest BCUT2D eigenvalue weighted by Gasteiger charge is -2.31. The average Bonchev–Trinajstić information content (AvgIpc) is 2.34. The molecular weight excluding hydrogens is 299 g/mol. The van der Waals surface area contributed by atoms with Gasteiger partial charge in [0.05, 0.1) is 10.2 Å². The summed E-state index contributed by atoms with van der Waals surface area (Å²) in [5.41, 5.74) is 1.95. The Kier molecular flexibility index (Phi) is 4.35. The predicted molar refractivity (Wildman–Crippen MR) is 72.4 cm³/mol. The zero-order chi connectivity index (χ0) is 13.1. The van der Waals surface area contributed by atoms with E-state index in [2.05, 4.69) is 32.9 Å². The van der Waals surface area contributed by atoms with Gasteiger partial charge in [-0.3, -0.25) is 4.90 Å². The van der Waals surface area contributed by atoms with Gasteiger partial charge in [-0.25, -0.2) is 4.39 Å². The highest BCUT2D eigenvalue weighted by atomic mass is 79.9. The largest absolute Gasteiger partial charge is 0.411 e. The molecule has 2 rings (SSSR count). The number of hydrogen-bond acceptors (Lipinski definition) is 3. The molecule has 0 bridgehead atoms. The van der Waals surface area contributed by atoms with Crippen LogP contribution < -0.4 is 0 Å². The van der Waals surface area contributed by atoms with Crippen LogP contribution in [0.2, 0.25) is 0 Å². The van der Waals surface area contributed by atoms with Crippen molar-refractivity contribution < 1.29 is 9.60 Å². The molecule has 1 fully saturated rings. The van der Waals surface area contributed by atoms with Gasteiger partial charge >= 0.3 is 0 Å². The van der Waals surface area contributed by atoms with E-state index in [0.717, 1.165) is 37.3 Å². The Hall–Kier alpha value is -0.940. The SMILES string of the molecule is CC1CN(Cc2ccc(F)c(Br)c2)CC/C1=N\O. The first-order valence-corrected chi connectivity index (χ1v) is 6.76. The fourth-order valence-electron chi connectivity index (χ4n) is 2.29. The Bertz CT molecular complexity index is 464. The number of hydrogen-bond donors (Lipinski definition) is 1. The summed E-state index contributed by atoms with van der Waals surface area (Å²) in [6.45, 7) is 4.59. The van der Waals surface area contributed by atoms with Crippen molar-refractivity contribution in [1.82, 2.24) is 4.90 Å². The van der Waals surface area contributed by atoms with Crippen LogP contribution in [0.4, 0.5) is 4.39 Å². The number of rotatable bonds is 2. The van der Waals surface area contributed by atoms with Gasteiger partial charge in [-0.05, 0) is 33.6 Å². The number of oxime groups is 1. The molecule has 1 atom stereocenters. The number of likely N-dealkylation sites (tertiary alicyclic amines) is 1. The molecule has 18 heavy (non-hydrogen) atoms. The van der Waals surface area contributed by atoms with E-state index in [9.17, 15) is 4.39 Å². The standard InChI is InChI=1S/C13H16BrFN2O/c1-9-7-17(5-4-13(9)16-18)8-10-2-3-12(15)11(14)6-10/h2-3,6,9,18H,4-5,7-8H2,1H3/b16-13+. The van der Waals surface area contributed by atoms with Gasteiger partial charge in [0, 0.05) is 32.0 Å². The minimum atomic E-state index is -0.236. The second kappa shape index (κ2) is 5.80. The van der Waals surface area contributed by atoms with E-state index < -0.39 is 0 Å². The Morgan fingerprint density at radius 1 is 1.56 bits per heavy atom. The van der Waals surface area contributed by atoms with Crippen LogP contribution in [0.5, 0.6) is 0 Å². The molecule has 0 amide bonds. The third-order valence-electron chi connectivity index (χ3n) is 3.30. The molecular formula is C13H16BrFN2O. The van der Waals surface area contributed by atoms with Crippen molar-refractivity contribution in [2.24, 2.45) is 11.1 Å². The predicted octanol–water partition coefficient (Wildman–Crippen LogP) is 3.26. The molecule has 1 saturated heterocycles. The highest BCUT2D eigenvalue weighted by Crippen LogP contribution is 2.20. The molecule has 1 aliphatic heterocycles. The molecule has 3 nitrogen and oxygen atoms in total. The van der Waals surface area contributed by atoms with Crippen LogP contribution in [0.1, 0.15) is 18.9 Å². The molecule has 1 aromatic rings. The lowest BCUT2D eigenvalue weighted by Crippen LogP contribution is -2.39. The maximum absolute atomic E-state index is 13.1. The third-order valence-corrected chi connectivity index (χ3v) is 3.91. The molecule has 0 aromatic heterocycles. The monoisotopic (exact) mass is 314 g/mol. The zero-order valence-corrected chi connectivity index (χ0v) is 11.8. The maximum Gasteiger partial charge on any atom is 0.137 e. The molecule has 1 unspecified atom stereocenters. The number of piperidine rings is 1. The Balaban J connectivity index is 2.00. The maximum atomic E-state index is 13.1. The Labute approximate surface area is 114 Å². The summed E-state index contributed by atoms with van der Waals surface area (Å²) in [6.07, 6.45) is 0.792. The summed E-state index contributed by atoms with van der Waals surface area (Å²) in [7, 11) is 0. The number of halogens is 2. The summed E-state index contributed by atoms with van der Waals surface area (Å²) in [5, 5.41) is 12.2. The molecule has 0 saturated carbocycles. The first-order chi connectivity index (χ1) is 8.60. The van der Waals surface area contributed by atoms with Crippen molar-refractivity contribution in [2.45, 2.75) is 19.9 Å². The molecule has 1 aliphatic rings. The number of nitrogens with zero attached hydrogens (tertiary/aromatic N) is 2. The van der Waals surface area contributed by atoms with Crippen LogP contribution >= 0.6 is 15.9 Å². The molecule has 1 heterocycles. The van der Waals surface area contributed by atoms with Crippen LogP contribution in [-0.4, -0.2) is 28.9 Å². The second-order valence-electron chi connectivity index (χ2n) is 4.73. The van der Waals surface area contributed by atoms with Gasteiger partial charge in [-0.1, -0.05) is 18.1 Å². The van der Waals surface area contributed by atoms with Crippen LogP contribution in [0, 0.1) is 11.7 Å². The molecule has 0 aliphatic carbocycles. The first-order valence-electron chi connectivity index (χ1n) is 5.97. The van der Waals surface area contributed by atoms with Crippen molar-refractivity contribution in [3.05, 3.63) is 34.1 Å². The van der Waals surface area contributed by atoms with Gasteiger partial charge in [0.1, 0.15) is 5.82 Å². The highest BCUT2D eigenvalue weighted by molar-refractivity contribution is 9.10. The van der Waals surface area contributed by atoms with Crippen molar-refractivity contribution >= 4 is 21.6 Å². The van der Waals surface area contributed by atoms with Gasteiger partial charge in [0.15, 0.2) is 0 Å². The van der Waals surface area contributed by atoms with Crippen molar-refractivity contribution in [3.8, 4) is 0 Å². The van der Waals surface area contributed by atoms with Crippen molar-refractivity contribution in [2.75, 3.05) is 13.1 Å². The third kappa shape index (κ3) is 3.09. The topological polar surface area (TPSA) is 35.8 Å². The van der Waals surface area contributed by atoms with E-state index in [4.69, 9.17) is 5.21 Å². The molecule has 0 spiro atoms. The van der Waals surface area contributed by atoms with Crippen molar-refractivity contribution in [1.29, 1.82) is 0 Å². The molecule has 5 heteroatoms. The van der Waals surface area contributed by atoms with Gasteiger partial charge in [-0.15, -0.1) is 0 Å². The first kappa shape index (κ1) is 13.5. The fraction of sp³-hybridized carbons (Fsp3) is 0.462. The smallest absolute Gasteiger partial charge is 0.137 e. The minimum absolute atomic E-state index is 0.236. The Morgan fingerprint density at radius 2 is 2.33 bits per heavy atom. The fourth-order valence-corrected chi connectivity index (χ4v) is 2.72.